The van der Waals surface area contributed by atoms with Crippen LogP contribution in [-0.4, -0.2) is 32.9 Å². The molecule has 0 aliphatic heterocycles. The lowest BCUT2D eigenvalue weighted by molar-refractivity contribution is -0.117. The zero-order valence-corrected chi connectivity index (χ0v) is 16.7. The molecular weight excluding hydrogens is 378 g/mol. The van der Waals surface area contributed by atoms with Crippen LogP contribution in [0.2, 0.25) is 0 Å². The fourth-order valence-electron chi connectivity index (χ4n) is 3.00. The topological polar surface area (TPSA) is 104 Å². The normalized spacial score (nSPS) is 14.7. The third-order valence-corrected chi connectivity index (χ3v) is 5.99. The Morgan fingerprint density at radius 2 is 1.75 bits per heavy atom. The molecule has 0 atom stereocenters. The second-order valence-corrected chi connectivity index (χ2v) is 8.48. The standard InChI is InChI=1S/C20H27N3O4S/c1-3-15(2)19(24)21-14-13-16-9-11-18(12-10-16)28(26,27)23-20(25)22-17-7-5-4-6-8-17/h3,9-12,17H,1-2,4-8,13-14H2,(H,21,24)(H2,22,23,25). The summed E-state index contributed by atoms with van der Waals surface area (Å²) in [5, 5.41) is 5.42. The van der Waals surface area contributed by atoms with Crippen LogP contribution < -0.4 is 15.4 Å². The Hall–Kier alpha value is -2.61. The quantitative estimate of drug-likeness (QED) is 0.456. The smallest absolute Gasteiger partial charge is 0.328 e. The molecule has 0 bridgehead atoms. The Bertz CT molecular complexity index is 826. The van der Waals surface area contributed by atoms with Gasteiger partial charge < -0.3 is 10.6 Å². The molecule has 3 N–H and O–H groups in total. The Kier molecular flexibility index (Phi) is 7.80. The highest BCUT2D eigenvalue weighted by Gasteiger charge is 2.21. The van der Waals surface area contributed by atoms with E-state index in [1.54, 1.807) is 12.1 Å². The highest BCUT2D eigenvalue weighted by Crippen LogP contribution is 2.17. The van der Waals surface area contributed by atoms with Crippen molar-refractivity contribution in [3.63, 3.8) is 0 Å². The van der Waals surface area contributed by atoms with E-state index in [1.165, 1.54) is 18.2 Å². The first-order valence-corrected chi connectivity index (χ1v) is 10.8. The van der Waals surface area contributed by atoms with Gasteiger partial charge in [0.1, 0.15) is 0 Å². The lowest BCUT2D eigenvalue weighted by atomic mass is 9.96. The Morgan fingerprint density at radius 3 is 2.36 bits per heavy atom. The van der Waals surface area contributed by atoms with E-state index in [0.717, 1.165) is 37.7 Å². The largest absolute Gasteiger partial charge is 0.352 e. The molecule has 1 aromatic carbocycles. The monoisotopic (exact) mass is 405 g/mol. The first-order chi connectivity index (χ1) is 13.3. The first kappa shape index (κ1) is 21.7. The number of hydrogen-bond donors (Lipinski definition) is 3. The zero-order valence-electron chi connectivity index (χ0n) is 15.9. The summed E-state index contributed by atoms with van der Waals surface area (Å²) in [6.07, 6.45) is 6.90. The number of carbonyl (C=O) groups is 2. The maximum Gasteiger partial charge on any atom is 0.328 e. The molecule has 1 aliphatic rings. The molecule has 8 heteroatoms. The first-order valence-electron chi connectivity index (χ1n) is 9.33. The molecule has 0 aromatic heterocycles. The molecule has 0 radical (unpaired) electrons. The van der Waals surface area contributed by atoms with Crippen LogP contribution in [0.25, 0.3) is 0 Å². The van der Waals surface area contributed by atoms with E-state index >= 15 is 0 Å². The van der Waals surface area contributed by atoms with E-state index in [4.69, 9.17) is 0 Å². The highest BCUT2D eigenvalue weighted by atomic mass is 32.2. The number of urea groups is 1. The van der Waals surface area contributed by atoms with Gasteiger partial charge in [-0.2, -0.15) is 0 Å². The van der Waals surface area contributed by atoms with Gasteiger partial charge in [-0.05, 0) is 37.0 Å². The van der Waals surface area contributed by atoms with Crippen LogP contribution in [0.4, 0.5) is 4.79 Å². The predicted octanol–water partition coefficient (Wildman–Crippen LogP) is 2.41. The summed E-state index contributed by atoms with van der Waals surface area (Å²) in [5.41, 5.74) is 1.15. The van der Waals surface area contributed by atoms with E-state index < -0.39 is 16.1 Å². The molecule has 0 unspecified atom stereocenters. The average molecular weight is 406 g/mol. The Labute approximate surface area is 166 Å². The van der Waals surface area contributed by atoms with Crippen molar-refractivity contribution < 1.29 is 18.0 Å². The number of rotatable bonds is 8. The second kappa shape index (κ2) is 10.1. The number of amides is 3. The van der Waals surface area contributed by atoms with Gasteiger partial charge in [0.25, 0.3) is 15.9 Å². The van der Waals surface area contributed by atoms with E-state index in [0.29, 0.717) is 18.5 Å². The van der Waals surface area contributed by atoms with Gasteiger partial charge in [0.15, 0.2) is 0 Å². The highest BCUT2D eigenvalue weighted by molar-refractivity contribution is 7.90. The maximum atomic E-state index is 12.4. The lowest BCUT2D eigenvalue weighted by Crippen LogP contribution is -2.45. The summed E-state index contributed by atoms with van der Waals surface area (Å²) < 4.78 is 26.8. The molecule has 1 aliphatic carbocycles. The molecule has 0 spiro atoms. The minimum Gasteiger partial charge on any atom is -0.352 e. The van der Waals surface area contributed by atoms with Crippen LogP contribution in [0.3, 0.4) is 0 Å². The molecule has 0 heterocycles. The third kappa shape index (κ3) is 6.53. The average Bonchev–Trinajstić information content (AvgIpc) is 2.68. The molecule has 0 saturated heterocycles. The van der Waals surface area contributed by atoms with Gasteiger partial charge >= 0.3 is 6.03 Å². The van der Waals surface area contributed by atoms with Crippen LogP contribution in [0.5, 0.6) is 0 Å². The SMILES string of the molecule is C=CC(=C)C(=O)NCCc1ccc(S(=O)(=O)NC(=O)NC2CCCCC2)cc1. The number of carbonyl (C=O) groups excluding carboxylic acids is 2. The van der Waals surface area contributed by atoms with Crippen molar-refractivity contribution in [2.24, 2.45) is 0 Å². The molecule has 1 aromatic rings. The predicted molar refractivity (Wildman–Crippen MR) is 108 cm³/mol. The second-order valence-electron chi connectivity index (χ2n) is 6.79. The zero-order chi connectivity index (χ0) is 20.6. The molecule has 3 amide bonds. The van der Waals surface area contributed by atoms with Crippen LogP contribution in [-0.2, 0) is 21.2 Å². The minimum absolute atomic E-state index is 0.0131. The van der Waals surface area contributed by atoms with Gasteiger partial charge in [-0.25, -0.2) is 17.9 Å². The molecule has 7 nitrogen and oxygen atoms in total. The van der Waals surface area contributed by atoms with Gasteiger partial charge in [-0.15, -0.1) is 0 Å². The van der Waals surface area contributed by atoms with Gasteiger partial charge in [0.05, 0.1) is 4.90 Å². The van der Waals surface area contributed by atoms with Crippen molar-refractivity contribution in [3.8, 4) is 0 Å². The summed E-state index contributed by atoms with van der Waals surface area (Å²) in [7, 11) is -3.93. The number of benzene rings is 1. The molecule has 1 fully saturated rings. The van der Waals surface area contributed by atoms with Crippen molar-refractivity contribution in [2.75, 3.05) is 6.54 Å². The molecule has 152 valence electrons. The fraction of sp³-hybridized carbons (Fsp3) is 0.400. The lowest BCUT2D eigenvalue weighted by Gasteiger charge is -2.22. The molecule has 28 heavy (non-hydrogen) atoms. The van der Waals surface area contributed by atoms with E-state index in [-0.39, 0.29) is 16.8 Å². The fourth-order valence-corrected chi connectivity index (χ4v) is 3.92. The Balaban J connectivity index is 1.86. The van der Waals surface area contributed by atoms with Crippen LogP contribution in [0, 0.1) is 0 Å². The van der Waals surface area contributed by atoms with E-state index in [1.807, 2.05) is 0 Å². The molecule has 1 saturated carbocycles. The summed E-state index contributed by atoms with van der Waals surface area (Å²) in [5.74, 6) is -0.289. The van der Waals surface area contributed by atoms with Gasteiger partial charge in [-0.1, -0.05) is 50.6 Å². The van der Waals surface area contributed by atoms with Gasteiger partial charge in [0, 0.05) is 18.2 Å². The van der Waals surface area contributed by atoms with Crippen LogP contribution in [0.1, 0.15) is 37.7 Å². The van der Waals surface area contributed by atoms with Crippen molar-refractivity contribution in [3.05, 3.63) is 54.6 Å². The van der Waals surface area contributed by atoms with E-state index in [2.05, 4.69) is 28.5 Å². The van der Waals surface area contributed by atoms with Crippen LogP contribution in [0.15, 0.2) is 54.0 Å². The van der Waals surface area contributed by atoms with Crippen molar-refractivity contribution in [1.29, 1.82) is 0 Å². The summed E-state index contributed by atoms with van der Waals surface area (Å²) in [6, 6.07) is 5.52. The van der Waals surface area contributed by atoms with Crippen molar-refractivity contribution in [2.45, 2.75) is 49.5 Å². The van der Waals surface area contributed by atoms with Crippen molar-refractivity contribution in [1.82, 2.24) is 15.4 Å². The van der Waals surface area contributed by atoms with Crippen molar-refractivity contribution >= 4 is 22.0 Å². The number of sulfonamides is 1. The third-order valence-electron chi connectivity index (χ3n) is 4.64. The van der Waals surface area contributed by atoms with Gasteiger partial charge in [0.2, 0.25) is 0 Å². The molecular formula is C20H27N3O4S. The summed E-state index contributed by atoms with van der Waals surface area (Å²) >= 11 is 0. The van der Waals surface area contributed by atoms with Crippen LogP contribution >= 0.6 is 0 Å². The Morgan fingerprint density at radius 1 is 1.11 bits per heavy atom. The number of nitrogens with one attached hydrogen (secondary N) is 3. The summed E-state index contributed by atoms with van der Waals surface area (Å²) in [6.45, 7) is 7.43. The number of hydrogen-bond acceptors (Lipinski definition) is 4. The van der Waals surface area contributed by atoms with Gasteiger partial charge in [-0.3, -0.25) is 4.79 Å². The summed E-state index contributed by atoms with van der Waals surface area (Å²) in [4.78, 5) is 23.6. The minimum atomic E-state index is -3.93. The maximum absolute atomic E-state index is 12.4. The molecule has 2 rings (SSSR count). The van der Waals surface area contributed by atoms with E-state index in [9.17, 15) is 18.0 Å².